The van der Waals surface area contributed by atoms with Crippen LogP contribution in [-0.4, -0.2) is 28.5 Å². The molecule has 0 radical (unpaired) electrons. The van der Waals surface area contributed by atoms with Crippen molar-refractivity contribution in [1.29, 1.82) is 0 Å². The van der Waals surface area contributed by atoms with E-state index < -0.39 is 16.4 Å². The van der Waals surface area contributed by atoms with Gasteiger partial charge in [-0.2, -0.15) is 0 Å². The SMILES string of the molecule is COC(C)(C)CC(=O)Nc1nc(Cl)ccc1[N+](=O)[O-]. The quantitative estimate of drug-likeness (QED) is 0.510. The number of nitrogens with zero attached hydrogens (tertiary/aromatic N) is 2. The van der Waals surface area contributed by atoms with Crippen LogP contribution in [-0.2, 0) is 9.53 Å². The molecule has 7 nitrogen and oxygen atoms in total. The highest BCUT2D eigenvalue weighted by molar-refractivity contribution is 6.29. The second kappa shape index (κ2) is 5.94. The third-order valence-electron chi connectivity index (χ3n) is 2.43. The summed E-state index contributed by atoms with van der Waals surface area (Å²) in [7, 11) is 1.48. The third-order valence-corrected chi connectivity index (χ3v) is 2.64. The van der Waals surface area contributed by atoms with Gasteiger partial charge in [0.2, 0.25) is 11.7 Å². The zero-order valence-electron chi connectivity index (χ0n) is 10.8. The van der Waals surface area contributed by atoms with E-state index in [2.05, 4.69) is 10.3 Å². The number of hydrogen-bond donors (Lipinski definition) is 1. The molecule has 19 heavy (non-hydrogen) atoms. The molecule has 1 N–H and O–H groups in total. The molecule has 1 rings (SSSR count). The normalized spacial score (nSPS) is 11.2. The lowest BCUT2D eigenvalue weighted by Crippen LogP contribution is -2.29. The number of ether oxygens (including phenoxy) is 1. The number of anilines is 1. The lowest BCUT2D eigenvalue weighted by atomic mass is 10.1. The summed E-state index contributed by atoms with van der Waals surface area (Å²) >= 11 is 5.66. The van der Waals surface area contributed by atoms with Gasteiger partial charge in [-0.25, -0.2) is 4.98 Å². The largest absolute Gasteiger partial charge is 0.378 e. The van der Waals surface area contributed by atoms with Gasteiger partial charge in [-0.3, -0.25) is 14.9 Å². The van der Waals surface area contributed by atoms with Crippen molar-refractivity contribution in [2.45, 2.75) is 25.9 Å². The molecule has 0 saturated carbocycles. The fourth-order valence-corrected chi connectivity index (χ4v) is 1.45. The molecule has 0 atom stereocenters. The summed E-state index contributed by atoms with van der Waals surface area (Å²) in [4.78, 5) is 25.7. The fourth-order valence-electron chi connectivity index (χ4n) is 1.30. The van der Waals surface area contributed by atoms with E-state index >= 15 is 0 Å². The minimum absolute atomic E-state index is 0.0366. The Morgan fingerprint density at radius 2 is 2.21 bits per heavy atom. The average Bonchev–Trinajstić information content (AvgIpc) is 2.27. The predicted molar refractivity (Wildman–Crippen MR) is 70.2 cm³/mol. The first kappa shape index (κ1) is 15.3. The van der Waals surface area contributed by atoms with Crippen LogP contribution in [0.15, 0.2) is 12.1 Å². The number of carbonyl (C=O) groups is 1. The number of nitrogens with one attached hydrogen (secondary N) is 1. The van der Waals surface area contributed by atoms with Gasteiger partial charge in [-0.1, -0.05) is 11.6 Å². The van der Waals surface area contributed by atoms with Crippen molar-refractivity contribution >= 4 is 29.0 Å². The Labute approximate surface area is 115 Å². The van der Waals surface area contributed by atoms with Crippen LogP contribution in [0, 0.1) is 10.1 Å². The van der Waals surface area contributed by atoms with Crippen LogP contribution in [0.2, 0.25) is 5.15 Å². The Kier molecular flexibility index (Phi) is 4.79. The summed E-state index contributed by atoms with van der Waals surface area (Å²) in [6.45, 7) is 3.46. The van der Waals surface area contributed by atoms with Crippen LogP contribution < -0.4 is 5.32 Å². The summed E-state index contributed by atoms with van der Waals surface area (Å²) in [6, 6.07) is 2.47. The monoisotopic (exact) mass is 287 g/mol. The molecule has 0 aliphatic heterocycles. The van der Waals surface area contributed by atoms with E-state index in [1.165, 1.54) is 19.2 Å². The fraction of sp³-hybridized carbons (Fsp3) is 0.455. The summed E-state index contributed by atoms with van der Waals surface area (Å²) in [6.07, 6.45) is 0.0366. The molecule has 0 aliphatic carbocycles. The molecule has 104 valence electrons. The average molecular weight is 288 g/mol. The highest BCUT2D eigenvalue weighted by Gasteiger charge is 2.24. The second-order valence-corrected chi connectivity index (χ2v) is 4.83. The van der Waals surface area contributed by atoms with Crippen LogP contribution in [0.5, 0.6) is 0 Å². The summed E-state index contributed by atoms with van der Waals surface area (Å²) in [5.41, 5.74) is -0.981. The van der Waals surface area contributed by atoms with Crippen molar-refractivity contribution in [3.05, 3.63) is 27.4 Å². The Hall–Kier alpha value is -1.73. The number of hydrogen-bond acceptors (Lipinski definition) is 5. The van der Waals surface area contributed by atoms with Crippen molar-refractivity contribution in [3.63, 3.8) is 0 Å². The van der Waals surface area contributed by atoms with Gasteiger partial charge in [0.15, 0.2) is 0 Å². The molecule has 0 bridgehead atoms. The number of halogens is 1. The number of nitro groups is 1. The van der Waals surface area contributed by atoms with Crippen LogP contribution in [0.4, 0.5) is 11.5 Å². The summed E-state index contributed by atoms with van der Waals surface area (Å²) in [5.74, 6) is -0.612. The van der Waals surface area contributed by atoms with Gasteiger partial charge in [0, 0.05) is 13.2 Å². The van der Waals surface area contributed by atoms with E-state index in [0.717, 1.165) is 0 Å². The molecule has 8 heteroatoms. The lowest BCUT2D eigenvalue weighted by Gasteiger charge is -2.21. The maximum absolute atomic E-state index is 11.8. The zero-order chi connectivity index (χ0) is 14.6. The first-order valence-electron chi connectivity index (χ1n) is 5.41. The number of carbonyl (C=O) groups excluding carboxylic acids is 1. The molecule has 0 saturated heterocycles. The summed E-state index contributed by atoms with van der Waals surface area (Å²) < 4.78 is 5.11. The highest BCUT2D eigenvalue weighted by Crippen LogP contribution is 2.24. The number of pyridine rings is 1. The molecule has 0 aromatic carbocycles. The van der Waals surface area contributed by atoms with Gasteiger partial charge in [0.05, 0.1) is 16.9 Å². The lowest BCUT2D eigenvalue weighted by molar-refractivity contribution is -0.384. The van der Waals surface area contributed by atoms with Crippen molar-refractivity contribution in [3.8, 4) is 0 Å². The minimum atomic E-state index is -0.669. The molecule has 1 aromatic heterocycles. The molecule has 0 spiro atoms. The van der Waals surface area contributed by atoms with E-state index in [1.807, 2.05) is 0 Å². The van der Waals surface area contributed by atoms with Gasteiger partial charge in [-0.15, -0.1) is 0 Å². The molecular formula is C11H14ClN3O4. The van der Waals surface area contributed by atoms with Crippen LogP contribution >= 0.6 is 11.6 Å². The first-order valence-corrected chi connectivity index (χ1v) is 5.79. The highest BCUT2D eigenvalue weighted by atomic mass is 35.5. The third kappa shape index (κ3) is 4.46. The Balaban J connectivity index is 2.90. The molecule has 1 heterocycles. The van der Waals surface area contributed by atoms with Crippen LogP contribution in [0.25, 0.3) is 0 Å². The Morgan fingerprint density at radius 1 is 1.58 bits per heavy atom. The molecule has 0 aliphatic rings. The van der Waals surface area contributed by atoms with Crippen molar-refractivity contribution in [2.24, 2.45) is 0 Å². The molecule has 0 unspecified atom stereocenters. The van der Waals surface area contributed by atoms with Crippen LogP contribution in [0.3, 0.4) is 0 Å². The Morgan fingerprint density at radius 3 is 2.74 bits per heavy atom. The van der Waals surface area contributed by atoms with Gasteiger partial charge in [-0.05, 0) is 19.9 Å². The van der Waals surface area contributed by atoms with E-state index in [9.17, 15) is 14.9 Å². The van der Waals surface area contributed by atoms with Gasteiger partial charge >= 0.3 is 5.69 Å². The number of methoxy groups -OCH3 is 1. The number of aromatic nitrogens is 1. The van der Waals surface area contributed by atoms with E-state index in [-0.39, 0.29) is 23.1 Å². The Bertz CT molecular complexity index is 505. The smallest absolute Gasteiger partial charge is 0.311 e. The van der Waals surface area contributed by atoms with Gasteiger partial charge in [0.1, 0.15) is 5.15 Å². The number of rotatable bonds is 5. The molecule has 1 amide bonds. The van der Waals surface area contributed by atoms with Crippen molar-refractivity contribution < 1.29 is 14.5 Å². The van der Waals surface area contributed by atoms with Gasteiger partial charge < -0.3 is 10.1 Å². The molecule has 0 fully saturated rings. The van der Waals surface area contributed by atoms with E-state index in [1.54, 1.807) is 13.8 Å². The zero-order valence-corrected chi connectivity index (χ0v) is 11.5. The van der Waals surface area contributed by atoms with E-state index in [4.69, 9.17) is 16.3 Å². The molecular weight excluding hydrogens is 274 g/mol. The molecule has 1 aromatic rings. The minimum Gasteiger partial charge on any atom is -0.378 e. The van der Waals surface area contributed by atoms with E-state index in [0.29, 0.717) is 0 Å². The standard InChI is InChI=1S/C11H14ClN3O4/c1-11(2,19-3)6-9(16)14-10-7(15(17)18)4-5-8(12)13-10/h4-5H,6H2,1-3H3,(H,13,14,16). The van der Waals surface area contributed by atoms with Gasteiger partial charge in [0.25, 0.3) is 0 Å². The summed E-state index contributed by atoms with van der Waals surface area (Å²) in [5, 5.41) is 13.2. The first-order chi connectivity index (χ1) is 8.75. The topological polar surface area (TPSA) is 94.4 Å². The maximum atomic E-state index is 11.8. The number of amides is 1. The van der Waals surface area contributed by atoms with Crippen LogP contribution in [0.1, 0.15) is 20.3 Å². The van der Waals surface area contributed by atoms with Crippen molar-refractivity contribution in [2.75, 3.05) is 12.4 Å². The predicted octanol–water partition coefficient (Wildman–Crippen LogP) is 2.40. The second-order valence-electron chi connectivity index (χ2n) is 4.45. The van der Waals surface area contributed by atoms with Crippen molar-refractivity contribution in [1.82, 2.24) is 4.98 Å². The maximum Gasteiger partial charge on any atom is 0.311 e.